The van der Waals surface area contributed by atoms with E-state index in [4.69, 9.17) is 5.73 Å². The lowest BCUT2D eigenvalue weighted by Crippen LogP contribution is -2.29. The van der Waals surface area contributed by atoms with Crippen LogP contribution in [0, 0.1) is 6.92 Å². The zero-order valence-electron chi connectivity index (χ0n) is 8.99. The van der Waals surface area contributed by atoms with E-state index >= 15 is 0 Å². The van der Waals surface area contributed by atoms with E-state index in [-0.39, 0.29) is 6.03 Å². The van der Waals surface area contributed by atoms with Crippen LogP contribution in [0.15, 0.2) is 18.2 Å². The number of nitrogens with two attached hydrogens (primary N) is 1. The van der Waals surface area contributed by atoms with E-state index in [1.54, 1.807) is 24.0 Å². The van der Waals surface area contributed by atoms with Crippen LogP contribution in [0.2, 0.25) is 0 Å². The van der Waals surface area contributed by atoms with Gasteiger partial charge in [0.15, 0.2) is 0 Å². The number of benzene rings is 1. The first kappa shape index (κ1) is 10.5. The van der Waals surface area contributed by atoms with Gasteiger partial charge in [-0.25, -0.2) is 4.79 Å². The van der Waals surface area contributed by atoms with E-state index in [0.29, 0.717) is 18.7 Å². The van der Waals surface area contributed by atoms with Crippen LogP contribution >= 0.6 is 0 Å². The van der Waals surface area contributed by atoms with E-state index in [1.807, 2.05) is 6.07 Å². The maximum atomic E-state index is 11.5. The first-order valence-corrected chi connectivity index (χ1v) is 5.06. The number of hydrogen-bond acceptors (Lipinski definition) is 2. The number of nitrogens with one attached hydrogen (secondary N) is 1. The fourth-order valence-electron chi connectivity index (χ4n) is 1.88. The highest BCUT2D eigenvalue weighted by Gasteiger charge is 2.23. The number of anilines is 1. The number of rotatable bonds is 2. The van der Waals surface area contributed by atoms with E-state index in [1.165, 1.54) is 0 Å². The third-order valence-corrected chi connectivity index (χ3v) is 2.72. The number of primary amides is 1. The van der Waals surface area contributed by atoms with Crippen molar-refractivity contribution in [3.63, 3.8) is 0 Å². The molecule has 1 fully saturated rings. The van der Waals surface area contributed by atoms with E-state index in [0.717, 1.165) is 11.3 Å². The topological polar surface area (TPSA) is 75.4 Å². The van der Waals surface area contributed by atoms with Crippen molar-refractivity contribution in [1.82, 2.24) is 5.32 Å². The Morgan fingerprint density at radius 2 is 2.25 bits per heavy atom. The summed E-state index contributed by atoms with van der Waals surface area (Å²) in [5.74, 6) is -0.473. The lowest BCUT2D eigenvalue weighted by molar-refractivity contribution is 0.0999. The summed E-state index contributed by atoms with van der Waals surface area (Å²) >= 11 is 0. The first-order valence-electron chi connectivity index (χ1n) is 5.06. The van der Waals surface area contributed by atoms with Crippen LogP contribution in [0.1, 0.15) is 15.9 Å². The molecule has 5 nitrogen and oxygen atoms in total. The van der Waals surface area contributed by atoms with Gasteiger partial charge >= 0.3 is 6.03 Å². The minimum Gasteiger partial charge on any atom is -0.366 e. The van der Waals surface area contributed by atoms with Gasteiger partial charge in [-0.2, -0.15) is 0 Å². The Bertz CT molecular complexity index is 457. The van der Waals surface area contributed by atoms with Crippen molar-refractivity contribution in [3.8, 4) is 0 Å². The number of carbonyl (C=O) groups excluding carboxylic acids is 2. The summed E-state index contributed by atoms with van der Waals surface area (Å²) in [6, 6.07) is 5.07. The van der Waals surface area contributed by atoms with Gasteiger partial charge in [-0.1, -0.05) is 6.07 Å². The lowest BCUT2D eigenvalue weighted by Gasteiger charge is -2.18. The summed E-state index contributed by atoms with van der Waals surface area (Å²) in [6.45, 7) is 3.03. The Labute approximate surface area is 93.2 Å². The van der Waals surface area contributed by atoms with Crippen LogP contribution in [0.4, 0.5) is 10.5 Å². The summed E-state index contributed by atoms with van der Waals surface area (Å²) in [5, 5.41) is 2.71. The Hall–Kier alpha value is -2.04. The fourth-order valence-corrected chi connectivity index (χ4v) is 1.88. The number of hydrogen-bond donors (Lipinski definition) is 2. The monoisotopic (exact) mass is 219 g/mol. The number of nitrogens with zero attached hydrogens (tertiary/aromatic N) is 1. The molecule has 0 atom stereocenters. The van der Waals surface area contributed by atoms with Gasteiger partial charge in [-0.15, -0.1) is 0 Å². The lowest BCUT2D eigenvalue weighted by atomic mass is 10.1. The van der Waals surface area contributed by atoms with Crippen molar-refractivity contribution in [1.29, 1.82) is 0 Å². The SMILES string of the molecule is Cc1c(C(N)=O)cccc1N1CCNC1=O. The molecule has 0 spiro atoms. The standard InChI is InChI=1S/C11H13N3O2/c1-7-8(10(12)15)3-2-4-9(7)14-6-5-13-11(14)16/h2-4H,5-6H2,1H3,(H2,12,15)(H,13,16). The van der Waals surface area contributed by atoms with Gasteiger partial charge in [0, 0.05) is 24.3 Å². The quantitative estimate of drug-likeness (QED) is 0.765. The molecule has 5 heteroatoms. The third-order valence-electron chi connectivity index (χ3n) is 2.72. The van der Waals surface area contributed by atoms with Crippen molar-refractivity contribution in [2.45, 2.75) is 6.92 Å². The summed E-state index contributed by atoms with van der Waals surface area (Å²) in [6.07, 6.45) is 0. The Kier molecular flexibility index (Phi) is 2.52. The first-order chi connectivity index (χ1) is 7.61. The highest BCUT2D eigenvalue weighted by molar-refractivity contribution is 5.99. The fraction of sp³-hybridized carbons (Fsp3) is 0.273. The second-order valence-corrected chi connectivity index (χ2v) is 3.70. The van der Waals surface area contributed by atoms with Crippen LogP contribution in [0.5, 0.6) is 0 Å². The molecule has 0 bridgehead atoms. The summed E-state index contributed by atoms with van der Waals surface area (Å²) < 4.78 is 0. The molecule has 0 radical (unpaired) electrons. The molecule has 3 N–H and O–H groups in total. The second-order valence-electron chi connectivity index (χ2n) is 3.70. The van der Waals surface area contributed by atoms with Gasteiger partial charge in [0.1, 0.15) is 0 Å². The maximum absolute atomic E-state index is 11.5. The zero-order valence-corrected chi connectivity index (χ0v) is 8.99. The molecule has 1 heterocycles. The summed E-state index contributed by atoms with van der Waals surface area (Å²) in [4.78, 5) is 24.3. The van der Waals surface area contributed by atoms with Gasteiger partial charge < -0.3 is 11.1 Å². The molecule has 2 rings (SSSR count). The molecule has 0 unspecified atom stereocenters. The van der Waals surface area contributed by atoms with E-state index < -0.39 is 5.91 Å². The highest BCUT2D eigenvalue weighted by atomic mass is 16.2. The van der Waals surface area contributed by atoms with Gasteiger partial charge in [0.2, 0.25) is 5.91 Å². The molecule has 16 heavy (non-hydrogen) atoms. The molecule has 0 aromatic heterocycles. The molecule has 1 saturated heterocycles. The zero-order chi connectivity index (χ0) is 11.7. The van der Waals surface area contributed by atoms with Crippen molar-refractivity contribution in [2.75, 3.05) is 18.0 Å². The molecule has 1 aliphatic rings. The van der Waals surface area contributed by atoms with Crippen LogP contribution in [0.3, 0.4) is 0 Å². The summed E-state index contributed by atoms with van der Waals surface area (Å²) in [5.41, 5.74) is 7.20. The molecule has 1 aliphatic heterocycles. The molecular formula is C11H13N3O2. The van der Waals surface area contributed by atoms with E-state index in [9.17, 15) is 9.59 Å². The molecule has 84 valence electrons. The highest BCUT2D eigenvalue weighted by Crippen LogP contribution is 2.24. The smallest absolute Gasteiger partial charge is 0.322 e. The molecular weight excluding hydrogens is 206 g/mol. The summed E-state index contributed by atoms with van der Waals surface area (Å²) in [7, 11) is 0. The molecule has 1 aromatic carbocycles. The third kappa shape index (κ3) is 1.60. The maximum Gasteiger partial charge on any atom is 0.322 e. The molecule has 0 saturated carbocycles. The normalized spacial score (nSPS) is 15.1. The van der Waals surface area contributed by atoms with Gasteiger partial charge in [0.05, 0.1) is 0 Å². The molecule has 0 aliphatic carbocycles. The minimum atomic E-state index is -0.473. The Morgan fingerprint density at radius 1 is 1.50 bits per heavy atom. The van der Waals surface area contributed by atoms with Crippen molar-refractivity contribution >= 4 is 17.6 Å². The van der Waals surface area contributed by atoms with Crippen LogP contribution in [-0.2, 0) is 0 Å². The van der Waals surface area contributed by atoms with Gasteiger partial charge in [-0.3, -0.25) is 9.69 Å². The largest absolute Gasteiger partial charge is 0.366 e. The average Bonchev–Trinajstić information content (AvgIpc) is 2.64. The molecule has 3 amide bonds. The second kappa shape index (κ2) is 3.84. The van der Waals surface area contributed by atoms with Crippen LogP contribution < -0.4 is 16.0 Å². The van der Waals surface area contributed by atoms with Gasteiger partial charge in [0.25, 0.3) is 0 Å². The predicted molar refractivity (Wildman–Crippen MR) is 60.4 cm³/mol. The van der Waals surface area contributed by atoms with Gasteiger partial charge in [-0.05, 0) is 24.6 Å². The Balaban J connectivity index is 2.45. The van der Waals surface area contributed by atoms with Crippen molar-refractivity contribution in [3.05, 3.63) is 29.3 Å². The van der Waals surface area contributed by atoms with Crippen LogP contribution in [0.25, 0.3) is 0 Å². The number of amides is 3. The van der Waals surface area contributed by atoms with E-state index in [2.05, 4.69) is 5.32 Å². The number of urea groups is 1. The average molecular weight is 219 g/mol. The van der Waals surface area contributed by atoms with Crippen molar-refractivity contribution in [2.24, 2.45) is 5.73 Å². The minimum absolute atomic E-state index is 0.135. The number of carbonyl (C=O) groups is 2. The predicted octanol–water partition coefficient (Wildman–Crippen LogP) is 0.624. The Morgan fingerprint density at radius 3 is 2.81 bits per heavy atom. The molecule has 1 aromatic rings. The van der Waals surface area contributed by atoms with Crippen molar-refractivity contribution < 1.29 is 9.59 Å². The van der Waals surface area contributed by atoms with Crippen LogP contribution in [-0.4, -0.2) is 25.0 Å².